The lowest BCUT2D eigenvalue weighted by Gasteiger charge is -2.32. The van der Waals surface area contributed by atoms with Crippen LogP contribution < -0.4 is 11.2 Å². The molecular formula is C25H45BN2O5Si2. The van der Waals surface area contributed by atoms with Crippen LogP contribution in [0.3, 0.4) is 0 Å². The molecule has 1 aromatic heterocycles. The normalized spacial score (nSPS) is 18.1. The second-order valence-corrected chi connectivity index (χ2v) is 24.4. The highest BCUT2D eigenvalue weighted by Gasteiger charge is 2.52. The Balaban J connectivity index is 1.96. The quantitative estimate of drug-likeness (QED) is 0.317. The molecule has 0 N–H and O–H groups in total. The summed E-state index contributed by atoms with van der Waals surface area (Å²) in [5.41, 5.74) is 1.36. The van der Waals surface area contributed by atoms with Crippen molar-refractivity contribution in [2.75, 3.05) is 13.2 Å². The van der Waals surface area contributed by atoms with Crippen LogP contribution in [0.2, 0.25) is 51.4 Å². The van der Waals surface area contributed by atoms with Crippen LogP contribution in [0.1, 0.15) is 27.7 Å². The molecule has 0 saturated carbocycles. The van der Waals surface area contributed by atoms with Crippen molar-refractivity contribution in [2.45, 2.75) is 104 Å². The van der Waals surface area contributed by atoms with E-state index >= 15 is 0 Å². The van der Waals surface area contributed by atoms with Gasteiger partial charge in [0.25, 0.3) is 0 Å². The molecule has 2 heterocycles. The van der Waals surface area contributed by atoms with Gasteiger partial charge in [-0.1, -0.05) is 51.4 Å². The van der Waals surface area contributed by atoms with E-state index in [2.05, 4.69) is 39.3 Å². The fourth-order valence-corrected chi connectivity index (χ4v) is 5.39. The Bertz CT molecular complexity index is 1070. The minimum atomic E-state index is -1.23. The summed E-state index contributed by atoms with van der Waals surface area (Å²) in [6, 6.07) is 8.01. The van der Waals surface area contributed by atoms with Crippen LogP contribution >= 0.6 is 0 Å². The Morgan fingerprint density at radius 1 is 0.829 bits per heavy atom. The van der Waals surface area contributed by atoms with Crippen LogP contribution in [0, 0.1) is 0 Å². The van der Waals surface area contributed by atoms with E-state index in [9.17, 15) is 4.79 Å². The zero-order valence-electron chi connectivity index (χ0n) is 23.5. The van der Waals surface area contributed by atoms with Crippen molar-refractivity contribution in [1.29, 1.82) is 0 Å². The minimum Gasteiger partial charge on any atom is -0.399 e. The number of imidazole rings is 1. The molecule has 0 radical (unpaired) electrons. The van der Waals surface area contributed by atoms with Gasteiger partial charge >= 0.3 is 12.8 Å². The highest BCUT2D eigenvalue weighted by Crippen LogP contribution is 2.37. The van der Waals surface area contributed by atoms with Gasteiger partial charge in [-0.15, -0.1) is 0 Å². The third-order valence-electron chi connectivity index (χ3n) is 7.01. The molecule has 1 fully saturated rings. The first-order chi connectivity index (χ1) is 16.0. The van der Waals surface area contributed by atoms with Crippen molar-refractivity contribution >= 4 is 39.8 Å². The number of benzene rings is 1. The first-order valence-electron chi connectivity index (χ1n) is 12.8. The van der Waals surface area contributed by atoms with Gasteiger partial charge < -0.3 is 18.8 Å². The van der Waals surface area contributed by atoms with E-state index in [0.29, 0.717) is 13.2 Å². The molecule has 0 bridgehead atoms. The average Bonchev–Trinajstić information content (AvgIpc) is 3.09. The SMILES string of the molecule is CC1(C)OB(c2cccc3c2n(COCC[Si](C)(C)C)c(=O)n3COCC[Si](C)(C)C)OC1(C)C. The van der Waals surface area contributed by atoms with Crippen molar-refractivity contribution < 1.29 is 18.8 Å². The minimum absolute atomic E-state index is 0.134. The Morgan fingerprint density at radius 2 is 1.31 bits per heavy atom. The zero-order valence-corrected chi connectivity index (χ0v) is 25.5. The molecule has 1 saturated heterocycles. The monoisotopic (exact) mass is 520 g/mol. The lowest BCUT2D eigenvalue weighted by Crippen LogP contribution is -2.41. The number of hydrogen-bond donors (Lipinski definition) is 0. The summed E-state index contributed by atoms with van der Waals surface area (Å²) < 4.78 is 28.2. The van der Waals surface area contributed by atoms with Gasteiger partial charge in [-0.2, -0.15) is 0 Å². The van der Waals surface area contributed by atoms with Gasteiger partial charge in [-0.25, -0.2) is 4.79 Å². The van der Waals surface area contributed by atoms with Gasteiger partial charge in [-0.3, -0.25) is 9.13 Å². The van der Waals surface area contributed by atoms with Gasteiger partial charge in [-0.05, 0) is 45.8 Å². The number of aromatic nitrogens is 2. The Labute approximate surface area is 213 Å². The summed E-state index contributed by atoms with van der Waals surface area (Å²) >= 11 is 0. The molecule has 2 aromatic rings. The van der Waals surface area contributed by atoms with Gasteiger partial charge in [0.05, 0.1) is 22.2 Å². The summed E-state index contributed by atoms with van der Waals surface area (Å²) in [5.74, 6) is 0. The Kier molecular flexibility index (Phi) is 8.36. The maximum atomic E-state index is 13.6. The fraction of sp³-hybridized carbons (Fsp3) is 0.720. The topological polar surface area (TPSA) is 63.9 Å². The van der Waals surface area contributed by atoms with Crippen LogP contribution in [-0.4, -0.2) is 56.8 Å². The molecule has 0 unspecified atom stereocenters. The number of ether oxygens (including phenoxy) is 2. The molecule has 196 valence electrons. The molecule has 0 amide bonds. The summed E-state index contributed by atoms with van der Waals surface area (Å²) in [5, 5.41) is 0. The maximum Gasteiger partial charge on any atom is 0.497 e. The lowest BCUT2D eigenvalue weighted by atomic mass is 9.78. The Hall–Kier alpha value is -1.17. The van der Waals surface area contributed by atoms with Crippen molar-refractivity contribution in [2.24, 2.45) is 0 Å². The molecule has 7 nitrogen and oxygen atoms in total. The zero-order chi connectivity index (χ0) is 26.2. The number of rotatable bonds is 11. The second-order valence-electron chi connectivity index (χ2n) is 13.1. The fourth-order valence-electron chi connectivity index (χ4n) is 3.88. The van der Waals surface area contributed by atoms with Gasteiger partial charge in [0.1, 0.15) is 13.5 Å². The summed E-state index contributed by atoms with van der Waals surface area (Å²) in [6.07, 6.45) is 0. The van der Waals surface area contributed by atoms with Crippen molar-refractivity contribution in [3.8, 4) is 0 Å². The molecule has 35 heavy (non-hydrogen) atoms. The van der Waals surface area contributed by atoms with E-state index in [0.717, 1.165) is 28.6 Å². The van der Waals surface area contributed by atoms with Crippen LogP contribution in [0.15, 0.2) is 23.0 Å². The summed E-state index contributed by atoms with van der Waals surface area (Å²) in [4.78, 5) is 13.6. The van der Waals surface area contributed by atoms with E-state index < -0.39 is 34.5 Å². The smallest absolute Gasteiger partial charge is 0.399 e. The Morgan fingerprint density at radius 3 is 1.80 bits per heavy atom. The molecule has 10 heteroatoms. The number of hydrogen-bond acceptors (Lipinski definition) is 5. The van der Waals surface area contributed by atoms with Crippen molar-refractivity contribution in [3.05, 3.63) is 28.7 Å². The van der Waals surface area contributed by atoms with Gasteiger partial charge in [0.15, 0.2) is 0 Å². The molecule has 0 spiro atoms. The van der Waals surface area contributed by atoms with Gasteiger partial charge in [0.2, 0.25) is 0 Å². The summed E-state index contributed by atoms with van der Waals surface area (Å²) in [6.45, 7) is 23.8. The van der Waals surface area contributed by atoms with Crippen LogP contribution in [0.4, 0.5) is 0 Å². The molecule has 3 rings (SSSR count). The largest absolute Gasteiger partial charge is 0.497 e. The van der Waals surface area contributed by atoms with E-state index in [1.165, 1.54) is 0 Å². The highest BCUT2D eigenvalue weighted by molar-refractivity contribution is 6.76. The van der Waals surface area contributed by atoms with Crippen molar-refractivity contribution in [3.63, 3.8) is 0 Å². The van der Waals surface area contributed by atoms with Crippen LogP contribution in [0.25, 0.3) is 11.0 Å². The highest BCUT2D eigenvalue weighted by atomic mass is 28.3. The molecule has 1 aromatic carbocycles. The number of fused-ring (bicyclic) bond motifs is 1. The molecule has 0 aliphatic carbocycles. The van der Waals surface area contributed by atoms with Crippen LogP contribution in [-0.2, 0) is 32.2 Å². The lowest BCUT2D eigenvalue weighted by molar-refractivity contribution is 0.00578. The first kappa shape index (κ1) is 28.4. The van der Waals surface area contributed by atoms with E-state index in [-0.39, 0.29) is 19.2 Å². The third-order valence-corrected chi connectivity index (χ3v) is 10.4. The second kappa shape index (κ2) is 10.3. The third kappa shape index (κ3) is 6.78. The first-order valence-corrected chi connectivity index (χ1v) is 20.2. The average molecular weight is 521 g/mol. The number of nitrogens with zero attached hydrogens (tertiary/aromatic N) is 2. The molecule has 0 atom stereocenters. The standard InChI is InChI=1S/C25H45BN2O5Si2/c1-24(2)25(3,4)33-26(32-24)20-12-11-13-21-22(20)28(19-31-15-17-35(8,9)10)23(29)27(21)18-30-14-16-34(5,6)7/h11-13H,14-19H2,1-10H3. The van der Waals surface area contributed by atoms with Gasteiger partial charge in [0, 0.05) is 34.8 Å². The molecule has 1 aliphatic heterocycles. The predicted octanol–water partition coefficient (Wildman–Crippen LogP) is 4.73. The van der Waals surface area contributed by atoms with E-state index in [1.54, 1.807) is 9.13 Å². The number of para-hydroxylation sites is 1. The van der Waals surface area contributed by atoms with E-state index in [4.69, 9.17) is 18.8 Å². The van der Waals surface area contributed by atoms with Crippen LogP contribution in [0.5, 0.6) is 0 Å². The molecular weight excluding hydrogens is 475 g/mol. The van der Waals surface area contributed by atoms with E-state index in [1.807, 2.05) is 45.9 Å². The molecule has 1 aliphatic rings. The maximum absolute atomic E-state index is 13.6. The summed E-state index contributed by atoms with van der Waals surface area (Å²) in [7, 11) is -3.02. The predicted molar refractivity (Wildman–Crippen MR) is 150 cm³/mol. The van der Waals surface area contributed by atoms with Crippen molar-refractivity contribution in [1.82, 2.24) is 9.13 Å².